The molecule has 2 rings (SSSR count). The second kappa shape index (κ2) is 5.36. The van der Waals surface area contributed by atoms with E-state index in [1.165, 1.54) is 12.1 Å². The Morgan fingerprint density at radius 1 is 1.58 bits per heavy atom. The Labute approximate surface area is 111 Å². The maximum Gasteiger partial charge on any atom is 0.272 e. The van der Waals surface area contributed by atoms with Gasteiger partial charge >= 0.3 is 0 Å². The average molecular weight is 263 g/mol. The van der Waals surface area contributed by atoms with E-state index in [2.05, 4.69) is 5.32 Å². The number of nitro groups is 1. The van der Waals surface area contributed by atoms with Gasteiger partial charge in [0.05, 0.1) is 4.92 Å². The number of nitrogens with zero attached hydrogens (tertiary/aromatic N) is 1. The lowest BCUT2D eigenvalue weighted by Crippen LogP contribution is -2.28. The van der Waals surface area contributed by atoms with Crippen molar-refractivity contribution < 1.29 is 9.72 Å². The lowest BCUT2D eigenvalue weighted by molar-refractivity contribution is -0.385. The molecule has 1 aromatic rings. The molecule has 0 aromatic heterocycles. The van der Waals surface area contributed by atoms with E-state index < -0.39 is 4.92 Å². The summed E-state index contributed by atoms with van der Waals surface area (Å²) in [4.78, 5) is 22.0. The topological polar surface area (TPSA) is 98.3 Å². The molecular weight excluding hydrogens is 246 g/mol. The first kappa shape index (κ1) is 13.5. The Morgan fingerprint density at radius 3 is 2.79 bits per heavy atom. The maximum atomic E-state index is 11.8. The normalized spacial score (nSPS) is 15.9. The first-order valence-electron chi connectivity index (χ1n) is 6.28. The number of carbonyl (C=O) groups excluding carboxylic acids is 1. The van der Waals surface area contributed by atoms with Crippen molar-refractivity contribution in [2.75, 3.05) is 5.32 Å². The molecular formula is C13H17N3O3. The standard InChI is InChI=1S/C13H17N3O3/c1-8-6-10(4-5-12(8)16(18)19)15-13(17)7-11(14)9-2-3-9/h4-6,9,11H,2-3,7,14H2,1H3,(H,15,17). The molecule has 3 N–H and O–H groups in total. The van der Waals surface area contributed by atoms with Gasteiger partial charge in [0, 0.05) is 29.8 Å². The van der Waals surface area contributed by atoms with Gasteiger partial charge in [-0.15, -0.1) is 0 Å². The van der Waals surface area contributed by atoms with Crippen molar-refractivity contribution in [3.8, 4) is 0 Å². The molecule has 0 saturated heterocycles. The SMILES string of the molecule is Cc1cc(NC(=O)CC(N)C2CC2)ccc1[N+](=O)[O-]. The van der Waals surface area contributed by atoms with Crippen molar-refractivity contribution in [3.63, 3.8) is 0 Å². The lowest BCUT2D eigenvalue weighted by atomic mass is 10.1. The van der Waals surface area contributed by atoms with Crippen molar-refractivity contribution in [1.82, 2.24) is 0 Å². The number of nitrogens with two attached hydrogens (primary N) is 1. The third-order valence-corrected chi connectivity index (χ3v) is 3.33. The van der Waals surface area contributed by atoms with Gasteiger partial charge in [0.25, 0.3) is 5.69 Å². The van der Waals surface area contributed by atoms with E-state index in [4.69, 9.17) is 5.73 Å². The highest BCUT2D eigenvalue weighted by Crippen LogP contribution is 2.33. The van der Waals surface area contributed by atoms with E-state index in [0.29, 0.717) is 23.6 Å². The van der Waals surface area contributed by atoms with E-state index in [-0.39, 0.29) is 17.6 Å². The van der Waals surface area contributed by atoms with Gasteiger partial charge in [0.2, 0.25) is 5.91 Å². The second-order valence-corrected chi connectivity index (χ2v) is 5.01. The van der Waals surface area contributed by atoms with Crippen molar-refractivity contribution in [1.29, 1.82) is 0 Å². The quantitative estimate of drug-likeness (QED) is 0.626. The van der Waals surface area contributed by atoms with E-state index in [1.807, 2.05) is 0 Å². The number of nitrogens with one attached hydrogen (secondary N) is 1. The molecule has 1 atom stereocenters. The third kappa shape index (κ3) is 3.51. The van der Waals surface area contributed by atoms with Crippen molar-refractivity contribution in [2.45, 2.75) is 32.2 Å². The molecule has 19 heavy (non-hydrogen) atoms. The number of benzene rings is 1. The monoisotopic (exact) mass is 263 g/mol. The van der Waals surface area contributed by atoms with Gasteiger partial charge in [-0.1, -0.05) is 0 Å². The Morgan fingerprint density at radius 2 is 2.26 bits per heavy atom. The van der Waals surface area contributed by atoms with Crippen molar-refractivity contribution in [2.24, 2.45) is 11.7 Å². The third-order valence-electron chi connectivity index (χ3n) is 3.33. The summed E-state index contributed by atoms with van der Waals surface area (Å²) in [6.45, 7) is 1.64. The number of carbonyl (C=O) groups is 1. The summed E-state index contributed by atoms with van der Waals surface area (Å²) in [6, 6.07) is 4.44. The number of aryl methyl sites for hydroxylation is 1. The highest BCUT2D eigenvalue weighted by molar-refractivity contribution is 5.91. The largest absolute Gasteiger partial charge is 0.327 e. The molecule has 1 aliphatic rings. The zero-order valence-electron chi connectivity index (χ0n) is 10.8. The Balaban J connectivity index is 1.96. The van der Waals surface area contributed by atoms with Gasteiger partial charge in [-0.25, -0.2) is 0 Å². The fourth-order valence-corrected chi connectivity index (χ4v) is 2.06. The van der Waals surface area contributed by atoms with Crippen LogP contribution in [0.4, 0.5) is 11.4 Å². The van der Waals surface area contributed by atoms with Gasteiger partial charge in [-0.3, -0.25) is 14.9 Å². The average Bonchev–Trinajstić information content (AvgIpc) is 3.11. The maximum absolute atomic E-state index is 11.8. The second-order valence-electron chi connectivity index (χ2n) is 5.01. The summed E-state index contributed by atoms with van der Waals surface area (Å²) >= 11 is 0. The molecule has 0 aliphatic heterocycles. The fourth-order valence-electron chi connectivity index (χ4n) is 2.06. The van der Waals surface area contributed by atoms with E-state index in [9.17, 15) is 14.9 Å². The van der Waals surface area contributed by atoms with Crippen LogP contribution in [0.25, 0.3) is 0 Å². The van der Waals surface area contributed by atoms with Crippen LogP contribution in [0.3, 0.4) is 0 Å². The molecule has 1 fully saturated rings. The molecule has 102 valence electrons. The van der Waals surface area contributed by atoms with Crippen LogP contribution in [-0.4, -0.2) is 16.9 Å². The number of nitro benzene ring substituents is 1. The van der Waals surface area contributed by atoms with Crippen LogP contribution < -0.4 is 11.1 Å². The van der Waals surface area contributed by atoms with Crippen LogP contribution in [0.2, 0.25) is 0 Å². The van der Waals surface area contributed by atoms with Gasteiger partial charge in [0.15, 0.2) is 0 Å². The summed E-state index contributed by atoms with van der Waals surface area (Å²) in [5.74, 6) is 0.331. The van der Waals surface area contributed by atoms with Crippen LogP contribution in [0.1, 0.15) is 24.8 Å². The molecule has 0 bridgehead atoms. The van der Waals surface area contributed by atoms with Gasteiger partial charge < -0.3 is 11.1 Å². The molecule has 1 amide bonds. The summed E-state index contributed by atoms with van der Waals surface area (Å²) in [6.07, 6.45) is 2.50. The van der Waals surface area contributed by atoms with E-state index >= 15 is 0 Å². The van der Waals surface area contributed by atoms with E-state index in [0.717, 1.165) is 12.8 Å². The molecule has 1 unspecified atom stereocenters. The van der Waals surface area contributed by atoms with Crippen LogP contribution >= 0.6 is 0 Å². The Hall–Kier alpha value is -1.95. The fraction of sp³-hybridized carbons (Fsp3) is 0.462. The van der Waals surface area contributed by atoms with Crippen LogP contribution in [0, 0.1) is 23.0 Å². The first-order chi connectivity index (χ1) is 8.97. The lowest BCUT2D eigenvalue weighted by Gasteiger charge is -2.10. The first-order valence-corrected chi connectivity index (χ1v) is 6.28. The predicted octanol–water partition coefficient (Wildman–Crippen LogP) is 1.97. The minimum absolute atomic E-state index is 0.0488. The summed E-state index contributed by atoms with van der Waals surface area (Å²) in [5.41, 5.74) is 7.01. The number of amides is 1. The molecule has 1 aromatic carbocycles. The molecule has 0 radical (unpaired) electrons. The van der Waals surface area contributed by atoms with Crippen LogP contribution in [0.15, 0.2) is 18.2 Å². The van der Waals surface area contributed by atoms with Crippen LogP contribution in [0.5, 0.6) is 0 Å². The number of anilines is 1. The van der Waals surface area contributed by atoms with Gasteiger partial charge in [0.1, 0.15) is 0 Å². The highest BCUT2D eigenvalue weighted by Gasteiger charge is 2.29. The molecule has 6 heteroatoms. The Bertz CT molecular complexity index is 512. The predicted molar refractivity (Wildman–Crippen MR) is 71.8 cm³/mol. The summed E-state index contributed by atoms with van der Waals surface area (Å²) in [5, 5.41) is 13.4. The van der Waals surface area contributed by atoms with Crippen molar-refractivity contribution in [3.05, 3.63) is 33.9 Å². The van der Waals surface area contributed by atoms with Crippen LogP contribution in [-0.2, 0) is 4.79 Å². The smallest absolute Gasteiger partial charge is 0.272 e. The molecule has 1 aliphatic carbocycles. The molecule has 0 spiro atoms. The number of hydrogen-bond acceptors (Lipinski definition) is 4. The molecule has 0 heterocycles. The van der Waals surface area contributed by atoms with Gasteiger partial charge in [-0.2, -0.15) is 0 Å². The highest BCUT2D eigenvalue weighted by atomic mass is 16.6. The Kier molecular flexibility index (Phi) is 3.80. The van der Waals surface area contributed by atoms with Crippen molar-refractivity contribution >= 4 is 17.3 Å². The minimum Gasteiger partial charge on any atom is -0.327 e. The number of rotatable bonds is 5. The zero-order chi connectivity index (χ0) is 14.0. The summed E-state index contributed by atoms with van der Waals surface area (Å²) < 4.78 is 0. The minimum atomic E-state index is -0.441. The van der Waals surface area contributed by atoms with Gasteiger partial charge in [-0.05, 0) is 37.8 Å². The summed E-state index contributed by atoms with van der Waals surface area (Å²) in [7, 11) is 0. The van der Waals surface area contributed by atoms with E-state index in [1.54, 1.807) is 13.0 Å². The number of hydrogen-bond donors (Lipinski definition) is 2. The molecule has 6 nitrogen and oxygen atoms in total. The molecule has 1 saturated carbocycles. The zero-order valence-corrected chi connectivity index (χ0v) is 10.8.